The van der Waals surface area contributed by atoms with Crippen LogP contribution in [0.3, 0.4) is 0 Å². The lowest BCUT2D eigenvalue weighted by atomic mass is 10.3. The topological polar surface area (TPSA) is 70.3 Å². The van der Waals surface area contributed by atoms with Crippen molar-refractivity contribution in [3.05, 3.63) is 35.1 Å². The Balaban J connectivity index is 2.20. The van der Waals surface area contributed by atoms with E-state index in [1.807, 2.05) is 0 Å². The van der Waals surface area contributed by atoms with Crippen LogP contribution < -0.4 is 15.2 Å². The van der Waals surface area contributed by atoms with Gasteiger partial charge in [0.25, 0.3) is 0 Å². The fraction of sp³-hybridized carbons (Fsp3) is 0.0909. The van der Waals surface area contributed by atoms with Crippen LogP contribution in [-0.2, 0) is 0 Å². The highest BCUT2D eigenvalue weighted by atomic mass is 79.9. The first kappa shape index (κ1) is 14.4. The first-order valence-corrected chi connectivity index (χ1v) is 5.93. The molecule has 0 saturated carbocycles. The Kier molecular flexibility index (Phi) is 3.98. The average molecular weight is 350 g/mol. The minimum Gasteiger partial charge on any atom is -0.424 e. The summed E-state index contributed by atoms with van der Waals surface area (Å²) in [6.45, 7) is 0. The highest BCUT2D eigenvalue weighted by Crippen LogP contribution is 2.34. The van der Waals surface area contributed by atoms with Crippen LogP contribution in [0.1, 0.15) is 0 Å². The summed E-state index contributed by atoms with van der Waals surface area (Å²) in [6.07, 6.45) is -2.17. The maximum atomic E-state index is 12.2. The van der Waals surface area contributed by atoms with Gasteiger partial charge in [-0.25, -0.2) is 9.97 Å². The molecule has 1 aromatic carbocycles. The van der Waals surface area contributed by atoms with E-state index in [-0.39, 0.29) is 16.2 Å². The van der Waals surface area contributed by atoms with Gasteiger partial charge < -0.3 is 15.2 Å². The highest BCUT2D eigenvalue weighted by Gasteiger charge is 2.32. The van der Waals surface area contributed by atoms with Crippen molar-refractivity contribution in [1.29, 1.82) is 0 Å². The molecule has 0 fully saturated rings. The average Bonchev–Trinajstić information content (AvgIpc) is 2.34. The predicted molar refractivity (Wildman–Crippen MR) is 67.3 cm³/mol. The lowest BCUT2D eigenvalue weighted by molar-refractivity contribution is -0.274. The molecule has 2 aromatic rings. The summed E-state index contributed by atoms with van der Waals surface area (Å²) < 4.78 is 45.8. The van der Waals surface area contributed by atoms with E-state index in [9.17, 15) is 13.2 Å². The van der Waals surface area contributed by atoms with E-state index in [2.05, 4.69) is 30.6 Å². The first-order chi connectivity index (χ1) is 9.33. The fourth-order valence-corrected chi connectivity index (χ4v) is 1.56. The molecule has 0 saturated heterocycles. The summed E-state index contributed by atoms with van der Waals surface area (Å²) in [5.74, 6) is -0.331. The summed E-state index contributed by atoms with van der Waals surface area (Å²) in [4.78, 5) is 7.53. The first-order valence-electron chi connectivity index (χ1n) is 5.14. The smallest absolute Gasteiger partial charge is 0.424 e. The highest BCUT2D eigenvalue weighted by molar-refractivity contribution is 9.10. The molecular formula is C11H7BrF3N3O2. The molecule has 0 spiro atoms. The van der Waals surface area contributed by atoms with Gasteiger partial charge in [-0.2, -0.15) is 0 Å². The zero-order valence-electron chi connectivity index (χ0n) is 9.69. The number of nitrogens with two attached hydrogens (primary N) is 1. The predicted octanol–water partition coefficient (Wildman–Crippen LogP) is 3.51. The number of halogens is 4. The molecule has 2 N–H and O–H groups in total. The van der Waals surface area contributed by atoms with E-state index in [1.54, 1.807) is 0 Å². The minimum atomic E-state index is -4.79. The molecule has 106 valence electrons. The largest absolute Gasteiger partial charge is 0.573 e. The molecule has 5 nitrogen and oxygen atoms in total. The van der Waals surface area contributed by atoms with E-state index in [0.29, 0.717) is 5.69 Å². The number of rotatable bonds is 3. The lowest BCUT2D eigenvalue weighted by Crippen LogP contribution is -2.17. The van der Waals surface area contributed by atoms with Gasteiger partial charge in [-0.05, 0) is 28.1 Å². The van der Waals surface area contributed by atoms with Crippen LogP contribution in [0.2, 0.25) is 0 Å². The van der Waals surface area contributed by atoms with E-state index in [0.717, 1.165) is 6.07 Å². The van der Waals surface area contributed by atoms with Crippen LogP contribution >= 0.6 is 15.9 Å². The van der Waals surface area contributed by atoms with Gasteiger partial charge in [0.05, 0.1) is 22.6 Å². The van der Waals surface area contributed by atoms with Gasteiger partial charge >= 0.3 is 12.4 Å². The molecule has 0 amide bonds. The number of ether oxygens (including phenoxy) is 2. The van der Waals surface area contributed by atoms with Gasteiger partial charge in [-0.15, -0.1) is 13.2 Å². The maximum Gasteiger partial charge on any atom is 0.573 e. The number of benzene rings is 1. The van der Waals surface area contributed by atoms with Crippen molar-refractivity contribution in [3.8, 4) is 17.5 Å². The Morgan fingerprint density at radius 2 is 1.80 bits per heavy atom. The molecule has 2 rings (SSSR count). The number of hydrogen-bond donors (Lipinski definition) is 1. The van der Waals surface area contributed by atoms with Crippen molar-refractivity contribution in [2.24, 2.45) is 0 Å². The molecule has 0 aliphatic heterocycles. The third-order valence-electron chi connectivity index (χ3n) is 1.99. The molecule has 0 unspecified atom stereocenters. The van der Waals surface area contributed by atoms with Crippen LogP contribution in [0.25, 0.3) is 0 Å². The van der Waals surface area contributed by atoms with Crippen molar-refractivity contribution < 1.29 is 22.6 Å². The molecular weight excluding hydrogens is 343 g/mol. The molecule has 0 atom stereocenters. The van der Waals surface area contributed by atoms with Crippen LogP contribution in [0, 0.1) is 0 Å². The summed E-state index contributed by atoms with van der Waals surface area (Å²) in [6, 6.07) is 3.82. The molecule has 1 aromatic heterocycles. The molecule has 1 heterocycles. The van der Waals surface area contributed by atoms with E-state index >= 15 is 0 Å². The quantitative estimate of drug-likeness (QED) is 0.917. The normalized spacial score (nSPS) is 11.2. The zero-order chi connectivity index (χ0) is 14.8. The van der Waals surface area contributed by atoms with Crippen molar-refractivity contribution in [2.45, 2.75) is 6.36 Å². The molecule has 9 heteroatoms. The van der Waals surface area contributed by atoms with Crippen molar-refractivity contribution in [2.75, 3.05) is 5.73 Å². The zero-order valence-corrected chi connectivity index (χ0v) is 11.3. The van der Waals surface area contributed by atoms with Gasteiger partial charge in [0.15, 0.2) is 0 Å². The monoisotopic (exact) mass is 349 g/mol. The van der Waals surface area contributed by atoms with Gasteiger partial charge in [0.2, 0.25) is 0 Å². The summed E-state index contributed by atoms with van der Waals surface area (Å²) >= 11 is 2.95. The van der Waals surface area contributed by atoms with Crippen LogP contribution in [0.4, 0.5) is 18.9 Å². The van der Waals surface area contributed by atoms with Gasteiger partial charge in [-0.3, -0.25) is 0 Å². The summed E-state index contributed by atoms with van der Waals surface area (Å²) in [7, 11) is 0. The van der Waals surface area contributed by atoms with Crippen LogP contribution in [-0.4, -0.2) is 16.3 Å². The second kappa shape index (κ2) is 5.53. The second-order valence-electron chi connectivity index (χ2n) is 3.54. The van der Waals surface area contributed by atoms with Crippen LogP contribution in [0.5, 0.6) is 17.5 Å². The van der Waals surface area contributed by atoms with Crippen molar-refractivity contribution in [3.63, 3.8) is 0 Å². The fourth-order valence-electron chi connectivity index (χ4n) is 1.23. The Hall–Kier alpha value is -2.03. The number of aromatic nitrogens is 2. The summed E-state index contributed by atoms with van der Waals surface area (Å²) in [5.41, 5.74) is 5.74. The van der Waals surface area contributed by atoms with E-state index < -0.39 is 12.1 Å². The lowest BCUT2D eigenvalue weighted by Gasteiger charge is -2.11. The van der Waals surface area contributed by atoms with E-state index in [4.69, 9.17) is 10.5 Å². The molecule has 20 heavy (non-hydrogen) atoms. The third-order valence-corrected chi connectivity index (χ3v) is 2.64. The SMILES string of the molecule is Nc1cnc(Oc2ccc(Br)c(OC(F)(F)F)c2)nc1. The Morgan fingerprint density at radius 1 is 1.15 bits per heavy atom. The van der Waals surface area contributed by atoms with Crippen LogP contribution in [0.15, 0.2) is 35.1 Å². The van der Waals surface area contributed by atoms with Gasteiger partial charge in [0, 0.05) is 6.07 Å². The van der Waals surface area contributed by atoms with Gasteiger partial charge in [-0.1, -0.05) is 0 Å². The molecule has 0 aliphatic carbocycles. The van der Waals surface area contributed by atoms with Crippen molar-refractivity contribution >= 4 is 21.6 Å². The van der Waals surface area contributed by atoms with Crippen molar-refractivity contribution in [1.82, 2.24) is 9.97 Å². The number of anilines is 1. The Bertz CT molecular complexity index is 605. The maximum absolute atomic E-state index is 12.2. The number of hydrogen-bond acceptors (Lipinski definition) is 5. The number of nitrogens with zero attached hydrogens (tertiary/aromatic N) is 2. The molecule has 0 radical (unpaired) electrons. The Labute approximate surface area is 119 Å². The molecule has 0 bridgehead atoms. The van der Waals surface area contributed by atoms with Gasteiger partial charge in [0.1, 0.15) is 11.5 Å². The third kappa shape index (κ3) is 3.98. The minimum absolute atomic E-state index is 0.0421. The Morgan fingerprint density at radius 3 is 2.40 bits per heavy atom. The summed E-state index contributed by atoms with van der Waals surface area (Å²) in [5, 5.41) is 0. The molecule has 0 aliphatic rings. The number of nitrogen functional groups attached to an aromatic ring is 1. The second-order valence-corrected chi connectivity index (χ2v) is 4.40. The van der Waals surface area contributed by atoms with E-state index in [1.165, 1.54) is 24.5 Å². The standard InChI is InChI=1S/C11H7BrF3N3O2/c12-8-2-1-7(3-9(8)20-11(13,14)15)19-10-17-4-6(16)5-18-10/h1-5H,16H2. The number of alkyl halides is 3.